The van der Waals surface area contributed by atoms with Crippen LogP contribution in [0.15, 0.2) is 85.5 Å². The molecule has 0 spiro atoms. The van der Waals surface area contributed by atoms with E-state index in [0.29, 0.717) is 5.56 Å². The van der Waals surface area contributed by atoms with E-state index in [4.69, 9.17) is 0 Å². The van der Waals surface area contributed by atoms with E-state index in [1.807, 2.05) is 79.7 Å². The molecule has 2 rings (SSSR count). The van der Waals surface area contributed by atoms with Gasteiger partial charge in [-0.05, 0) is 18.6 Å². The lowest BCUT2D eigenvalue weighted by molar-refractivity contribution is 0.104. The second-order valence-electron chi connectivity index (χ2n) is 4.92. The van der Waals surface area contributed by atoms with E-state index in [2.05, 4.69) is 6.58 Å². The summed E-state index contributed by atoms with van der Waals surface area (Å²) in [6.07, 6.45) is 5.39. The lowest BCUT2D eigenvalue weighted by atomic mass is 9.82. The fraction of sp³-hybridized carbons (Fsp3) is 0.105. The molecule has 0 aromatic heterocycles. The molecule has 2 aromatic rings. The maximum atomic E-state index is 12.1. The zero-order valence-corrected chi connectivity index (χ0v) is 11.6. The summed E-state index contributed by atoms with van der Waals surface area (Å²) in [5.41, 5.74) is 1.47. The molecule has 100 valence electrons. The molecule has 0 heterocycles. The van der Waals surface area contributed by atoms with E-state index in [0.717, 1.165) is 5.56 Å². The Morgan fingerprint density at radius 2 is 1.55 bits per heavy atom. The van der Waals surface area contributed by atoms with Crippen LogP contribution in [0.4, 0.5) is 0 Å². The highest BCUT2D eigenvalue weighted by Crippen LogP contribution is 2.26. The molecule has 0 amide bonds. The number of benzene rings is 2. The SMILES string of the molecule is C=C[C@](C)(/C=C\C(=O)c1ccccc1)c1ccccc1. The van der Waals surface area contributed by atoms with Crippen molar-refractivity contribution in [1.82, 2.24) is 0 Å². The first-order valence-corrected chi connectivity index (χ1v) is 6.63. The standard InChI is InChI=1S/C19H18O/c1-3-19(2,17-12-8-5-9-13-17)15-14-18(20)16-10-6-4-7-11-16/h3-15H,1H2,2H3/b15-14-/t19-/m1/s1. The predicted octanol–water partition coefficient (Wildman–Crippen LogP) is 4.57. The van der Waals surface area contributed by atoms with Gasteiger partial charge in [0, 0.05) is 11.0 Å². The lowest BCUT2D eigenvalue weighted by Gasteiger charge is -2.22. The van der Waals surface area contributed by atoms with Crippen molar-refractivity contribution in [1.29, 1.82) is 0 Å². The van der Waals surface area contributed by atoms with E-state index in [-0.39, 0.29) is 11.2 Å². The largest absolute Gasteiger partial charge is 0.289 e. The first kappa shape index (κ1) is 14.0. The summed E-state index contributed by atoms with van der Waals surface area (Å²) < 4.78 is 0. The third kappa shape index (κ3) is 3.12. The van der Waals surface area contributed by atoms with E-state index >= 15 is 0 Å². The molecule has 0 radical (unpaired) electrons. The van der Waals surface area contributed by atoms with Gasteiger partial charge in [0.15, 0.2) is 5.78 Å². The lowest BCUT2D eigenvalue weighted by Crippen LogP contribution is -2.15. The Bertz CT molecular complexity index is 611. The highest BCUT2D eigenvalue weighted by molar-refractivity contribution is 6.04. The average molecular weight is 262 g/mol. The van der Waals surface area contributed by atoms with Crippen molar-refractivity contribution in [3.63, 3.8) is 0 Å². The van der Waals surface area contributed by atoms with Crippen molar-refractivity contribution in [2.45, 2.75) is 12.3 Å². The smallest absolute Gasteiger partial charge is 0.185 e. The van der Waals surface area contributed by atoms with Crippen LogP contribution >= 0.6 is 0 Å². The fourth-order valence-corrected chi connectivity index (χ4v) is 2.03. The van der Waals surface area contributed by atoms with Gasteiger partial charge in [-0.3, -0.25) is 4.79 Å². The van der Waals surface area contributed by atoms with Gasteiger partial charge in [-0.25, -0.2) is 0 Å². The van der Waals surface area contributed by atoms with Crippen LogP contribution in [0.25, 0.3) is 0 Å². The summed E-state index contributed by atoms with van der Waals surface area (Å²) in [5.74, 6) is 0.00889. The van der Waals surface area contributed by atoms with Crippen LogP contribution in [0.3, 0.4) is 0 Å². The zero-order chi connectivity index (χ0) is 14.4. The summed E-state index contributed by atoms with van der Waals surface area (Å²) in [6, 6.07) is 19.3. The normalized spacial score (nSPS) is 13.8. The molecule has 1 atom stereocenters. The van der Waals surface area contributed by atoms with Gasteiger partial charge >= 0.3 is 0 Å². The van der Waals surface area contributed by atoms with Crippen molar-refractivity contribution < 1.29 is 4.79 Å². The van der Waals surface area contributed by atoms with Crippen LogP contribution in [0, 0.1) is 0 Å². The van der Waals surface area contributed by atoms with Crippen LogP contribution in [0.5, 0.6) is 0 Å². The van der Waals surface area contributed by atoms with Crippen molar-refractivity contribution in [3.05, 3.63) is 96.6 Å². The molecular weight excluding hydrogens is 244 g/mol. The fourth-order valence-electron chi connectivity index (χ4n) is 2.03. The molecule has 0 N–H and O–H groups in total. The average Bonchev–Trinajstić information content (AvgIpc) is 2.54. The predicted molar refractivity (Wildman–Crippen MR) is 83.9 cm³/mol. The number of allylic oxidation sites excluding steroid dienone is 3. The Morgan fingerprint density at radius 1 is 1.00 bits per heavy atom. The minimum Gasteiger partial charge on any atom is -0.289 e. The number of hydrogen-bond donors (Lipinski definition) is 0. The summed E-state index contributed by atoms with van der Waals surface area (Å²) in [5, 5.41) is 0. The quantitative estimate of drug-likeness (QED) is 0.438. The van der Waals surface area contributed by atoms with Crippen LogP contribution < -0.4 is 0 Å². The van der Waals surface area contributed by atoms with Gasteiger partial charge < -0.3 is 0 Å². The molecule has 0 unspecified atom stereocenters. The number of rotatable bonds is 5. The van der Waals surface area contributed by atoms with Gasteiger partial charge in [-0.2, -0.15) is 0 Å². The zero-order valence-electron chi connectivity index (χ0n) is 11.6. The third-order valence-electron chi connectivity index (χ3n) is 3.46. The van der Waals surface area contributed by atoms with Crippen molar-refractivity contribution in [2.24, 2.45) is 0 Å². The third-order valence-corrected chi connectivity index (χ3v) is 3.46. The molecule has 0 saturated heterocycles. The second-order valence-corrected chi connectivity index (χ2v) is 4.92. The van der Waals surface area contributed by atoms with Crippen molar-refractivity contribution in [2.75, 3.05) is 0 Å². The van der Waals surface area contributed by atoms with Gasteiger partial charge in [-0.15, -0.1) is 6.58 Å². The second kappa shape index (κ2) is 6.16. The Morgan fingerprint density at radius 3 is 2.10 bits per heavy atom. The maximum absolute atomic E-state index is 12.1. The number of ketones is 1. The van der Waals surface area contributed by atoms with Crippen LogP contribution in [0.2, 0.25) is 0 Å². The number of hydrogen-bond acceptors (Lipinski definition) is 1. The highest BCUT2D eigenvalue weighted by atomic mass is 16.1. The monoisotopic (exact) mass is 262 g/mol. The molecule has 0 fully saturated rings. The van der Waals surface area contributed by atoms with E-state index in [9.17, 15) is 4.79 Å². The topological polar surface area (TPSA) is 17.1 Å². The molecule has 0 aliphatic heterocycles. The van der Waals surface area contributed by atoms with E-state index in [1.165, 1.54) is 0 Å². The maximum Gasteiger partial charge on any atom is 0.185 e. The Hall–Kier alpha value is -2.41. The van der Waals surface area contributed by atoms with Gasteiger partial charge in [0.1, 0.15) is 0 Å². The molecule has 1 nitrogen and oxygen atoms in total. The van der Waals surface area contributed by atoms with Crippen molar-refractivity contribution >= 4 is 5.78 Å². The Labute approximate surface area is 120 Å². The molecule has 2 aromatic carbocycles. The Kier molecular flexibility index (Phi) is 4.31. The minimum atomic E-state index is -0.342. The molecule has 0 bridgehead atoms. The van der Waals surface area contributed by atoms with Gasteiger partial charge in [0.25, 0.3) is 0 Å². The van der Waals surface area contributed by atoms with Crippen LogP contribution in [-0.4, -0.2) is 5.78 Å². The van der Waals surface area contributed by atoms with E-state index < -0.39 is 0 Å². The van der Waals surface area contributed by atoms with Gasteiger partial charge in [0.05, 0.1) is 0 Å². The summed E-state index contributed by atoms with van der Waals surface area (Å²) in [6.45, 7) is 5.94. The summed E-state index contributed by atoms with van der Waals surface area (Å²) >= 11 is 0. The molecular formula is C19H18O. The molecule has 0 aliphatic carbocycles. The van der Waals surface area contributed by atoms with Gasteiger partial charge in [-0.1, -0.05) is 72.8 Å². The van der Waals surface area contributed by atoms with E-state index in [1.54, 1.807) is 6.08 Å². The first-order valence-electron chi connectivity index (χ1n) is 6.63. The molecule has 0 saturated carbocycles. The number of carbonyl (C=O) groups excluding carboxylic acids is 1. The van der Waals surface area contributed by atoms with Gasteiger partial charge in [0.2, 0.25) is 0 Å². The molecule has 20 heavy (non-hydrogen) atoms. The highest BCUT2D eigenvalue weighted by Gasteiger charge is 2.19. The number of carbonyl (C=O) groups is 1. The molecule has 1 heteroatoms. The first-order chi connectivity index (χ1) is 9.65. The van der Waals surface area contributed by atoms with Crippen LogP contribution in [-0.2, 0) is 5.41 Å². The van der Waals surface area contributed by atoms with Crippen LogP contribution in [0.1, 0.15) is 22.8 Å². The summed E-state index contributed by atoms with van der Waals surface area (Å²) in [7, 11) is 0. The Balaban J connectivity index is 2.24. The minimum absolute atomic E-state index is 0.00889. The molecule has 0 aliphatic rings. The summed E-state index contributed by atoms with van der Waals surface area (Å²) in [4.78, 5) is 12.1. The van der Waals surface area contributed by atoms with Crippen molar-refractivity contribution in [3.8, 4) is 0 Å².